The van der Waals surface area contributed by atoms with Crippen LogP contribution in [-0.4, -0.2) is 4.98 Å². The molecular weight excluding hydrogens is 186 g/mol. The number of aromatic nitrogens is 1. The van der Waals surface area contributed by atoms with Gasteiger partial charge in [-0.15, -0.1) is 0 Å². The number of rotatable bonds is 1. The first-order valence-corrected chi connectivity index (χ1v) is 4.93. The minimum Gasteiger partial charge on any atom is -0.367 e. The fourth-order valence-corrected chi connectivity index (χ4v) is 1.54. The Kier molecular flexibility index (Phi) is 2.42. The molecule has 1 N–H and O–H groups in total. The summed E-state index contributed by atoms with van der Waals surface area (Å²) in [4.78, 5) is 14.8. The van der Waals surface area contributed by atoms with E-state index < -0.39 is 0 Å². The minimum absolute atomic E-state index is 0.0950. The second-order valence-electron chi connectivity index (χ2n) is 3.75. The van der Waals surface area contributed by atoms with E-state index in [9.17, 15) is 4.79 Å². The van der Waals surface area contributed by atoms with Gasteiger partial charge in [-0.2, -0.15) is 0 Å². The molecule has 0 aliphatic carbocycles. The van der Waals surface area contributed by atoms with E-state index in [1.54, 1.807) is 12.4 Å². The summed E-state index contributed by atoms with van der Waals surface area (Å²) in [6, 6.07) is 7.97. The lowest BCUT2D eigenvalue weighted by Crippen LogP contribution is -2.08. The summed E-state index contributed by atoms with van der Waals surface area (Å²) in [6.45, 7) is 3.85. The molecule has 1 aromatic heterocycles. The summed E-state index contributed by atoms with van der Waals surface area (Å²) in [7, 11) is 0. The largest absolute Gasteiger partial charge is 0.367 e. The van der Waals surface area contributed by atoms with Crippen LogP contribution in [-0.2, 0) is 0 Å². The molecular formula is C13H13NO. The van der Waals surface area contributed by atoms with Crippen LogP contribution in [0.2, 0.25) is 0 Å². The normalized spacial score (nSPS) is 10.3. The molecule has 0 fully saturated rings. The van der Waals surface area contributed by atoms with Gasteiger partial charge in [-0.1, -0.05) is 29.8 Å². The van der Waals surface area contributed by atoms with Crippen LogP contribution in [0.15, 0.2) is 41.5 Å². The highest BCUT2D eigenvalue weighted by Gasteiger charge is 2.03. The van der Waals surface area contributed by atoms with Gasteiger partial charge in [-0.3, -0.25) is 4.79 Å². The summed E-state index contributed by atoms with van der Waals surface area (Å²) < 4.78 is 0. The fourth-order valence-electron chi connectivity index (χ4n) is 1.54. The van der Waals surface area contributed by atoms with Crippen LogP contribution in [0.3, 0.4) is 0 Å². The molecule has 0 atom stereocenters. The molecule has 1 heterocycles. The molecule has 2 heteroatoms. The van der Waals surface area contributed by atoms with Crippen molar-refractivity contribution in [1.29, 1.82) is 0 Å². The van der Waals surface area contributed by atoms with Crippen molar-refractivity contribution in [2.24, 2.45) is 0 Å². The van der Waals surface area contributed by atoms with Crippen molar-refractivity contribution in [1.82, 2.24) is 4.98 Å². The summed E-state index contributed by atoms with van der Waals surface area (Å²) in [5, 5.41) is 0. The van der Waals surface area contributed by atoms with Crippen LogP contribution in [0, 0.1) is 13.8 Å². The summed E-state index contributed by atoms with van der Waals surface area (Å²) >= 11 is 0. The predicted octanol–water partition coefficient (Wildman–Crippen LogP) is 2.66. The molecule has 1 aromatic carbocycles. The Hall–Kier alpha value is -1.83. The van der Waals surface area contributed by atoms with Gasteiger partial charge in [-0.05, 0) is 19.4 Å². The topological polar surface area (TPSA) is 32.9 Å². The Morgan fingerprint density at radius 1 is 1.00 bits per heavy atom. The fraction of sp³-hybridized carbons (Fsp3) is 0.154. The predicted molar refractivity (Wildman–Crippen MR) is 62.0 cm³/mol. The Morgan fingerprint density at radius 2 is 1.67 bits per heavy atom. The number of pyridine rings is 1. The van der Waals surface area contributed by atoms with E-state index in [4.69, 9.17) is 0 Å². The number of aryl methyl sites for hydroxylation is 2. The molecule has 0 unspecified atom stereocenters. The quantitative estimate of drug-likeness (QED) is 0.752. The van der Waals surface area contributed by atoms with Gasteiger partial charge in [0.05, 0.1) is 0 Å². The van der Waals surface area contributed by atoms with Crippen molar-refractivity contribution in [2.75, 3.05) is 0 Å². The van der Waals surface area contributed by atoms with Gasteiger partial charge in [0.25, 0.3) is 0 Å². The van der Waals surface area contributed by atoms with Crippen molar-refractivity contribution in [2.45, 2.75) is 13.8 Å². The van der Waals surface area contributed by atoms with Gasteiger partial charge in [-0.25, -0.2) is 0 Å². The van der Waals surface area contributed by atoms with Gasteiger partial charge in [0.15, 0.2) is 5.43 Å². The molecule has 0 aliphatic rings. The summed E-state index contributed by atoms with van der Waals surface area (Å²) in [5.41, 5.74) is 3.73. The second kappa shape index (κ2) is 3.73. The van der Waals surface area contributed by atoms with Gasteiger partial charge in [0.2, 0.25) is 0 Å². The van der Waals surface area contributed by atoms with E-state index in [-0.39, 0.29) is 5.43 Å². The molecule has 2 rings (SSSR count). The lowest BCUT2D eigenvalue weighted by Gasteiger charge is -2.02. The zero-order valence-corrected chi connectivity index (χ0v) is 8.87. The molecule has 0 radical (unpaired) electrons. The molecule has 0 bridgehead atoms. The lowest BCUT2D eigenvalue weighted by molar-refractivity contribution is 1.24. The van der Waals surface area contributed by atoms with Crippen LogP contribution >= 0.6 is 0 Å². The van der Waals surface area contributed by atoms with Crippen molar-refractivity contribution in [3.63, 3.8) is 0 Å². The van der Waals surface area contributed by atoms with Gasteiger partial charge >= 0.3 is 0 Å². The Morgan fingerprint density at radius 3 is 2.33 bits per heavy atom. The number of hydrogen-bond donors (Lipinski definition) is 1. The Balaban J connectivity index is 2.59. The van der Waals surface area contributed by atoms with Crippen LogP contribution in [0.1, 0.15) is 11.1 Å². The third-order valence-corrected chi connectivity index (χ3v) is 2.49. The molecule has 0 aliphatic heterocycles. The Bertz CT molecular complexity index is 523. The second-order valence-corrected chi connectivity index (χ2v) is 3.75. The van der Waals surface area contributed by atoms with Crippen molar-refractivity contribution in [3.05, 3.63) is 58.0 Å². The van der Waals surface area contributed by atoms with E-state index in [1.807, 2.05) is 38.1 Å². The number of hydrogen-bond acceptors (Lipinski definition) is 1. The van der Waals surface area contributed by atoms with Crippen LogP contribution in [0.25, 0.3) is 11.1 Å². The highest BCUT2D eigenvalue weighted by atomic mass is 16.1. The van der Waals surface area contributed by atoms with Crippen LogP contribution < -0.4 is 5.43 Å². The highest BCUT2D eigenvalue weighted by Crippen LogP contribution is 2.15. The molecule has 0 spiro atoms. The summed E-state index contributed by atoms with van der Waals surface area (Å²) in [5.74, 6) is 0. The zero-order valence-electron chi connectivity index (χ0n) is 8.87. The summed E-state index contributed by atoms with van der Waals surface area (Å²) in [6.07, 6.45) is 3.47. The first kappa shape index (κ1) is 9.71. The molecule has 0 saturated carbocycles. The molecule has 0 amide bonds. The molecule has 76 valence electrons. The maximum absolute atomic E-state index is 11.8. The van der Waals surface area contributed by atoms with Crippen molar-refractivity contribution in [3.8, 4) is 11.1 Å². The number of benzene rings is 1. The Labute approximate surface area is 88.6 Å². The smallest absolute Gasteiger partial charge is 0.192 e. The van der Waals surface area contributed by atoms with E-state index in [0.29, 0.717) is 0 Å². The van der Waals surface area contributed by atoms with Crippen molar-refractivity contribution >= 4 is 0 Å². The third kappa shape index (κ3) is 1.84. The average molecular weight is 199 g/mol. The molecule has 0 saturated heterocycles. The number of aromatic amines is 1. The highest BCUT2D eigenvalue weighted by molar-refractivity contribution is 5.63. The molecule has 15 heavy (non-hydrogen) atoms. The molecule has 2 nitrogen and oxygen atoms in total. The van der Waals surface area contributed by atoms with Crippen LogP contribution in [0.4, 0.5) is 0 Å². The van der Waals surface area contributed by atoms with E-state index in [0.717, 1.165) is 16.7 Å². The van der Waals surface area contributed by atoms with E-state index >= 15 is 0 Å². The number of H-pyrrole nitrogens is 1. The average Bonchev–Trinajstić information content (AvgIpc) is 2.24. The third-order valence-electron chi connectivity index (χ3n) is 2.49. The standard InChI is InChI=1S/C13H13NO/c1-9-3-5-11(6-4-9)12-8-14-7-10(2)13(12)15/h3-8H,1-2H3,(H,14,15). The maximum Gasteiger partial charge on any atom is 0.192 e. The molecule has 2 aromatic rings. The monoisotopic (exact) mass is 199 g/mol. The first-order valence-electron chi connectivity index (χ1n) is 4.93. The van der Waals surface area contributed by atoms with Crippen molar-refractivity contribution < 1.29 is 0 Å². The first-order chi connectivity index (χ1) is 7.18. The van der Waals surface area contributed by atoms with Gasteiger partial charge in [0, 0.05) is 23.5 Å². The number of nitrogens with one attached hydrogen (secondary N) is 1. The zero-order chi connectivity index (χ0) is 10.8. The van der Waals surface area contributed by atoms with E-state index in [1.165, 1.54) is 5.56 Å². The van der Waals surface area contributed by atoms with E-state index in [2.05, 4.69) is 4.98 Å². The maximum atomic E-state index is 11.8. The van der Waals surface area contributed by atoms with Crippen LogP contribution in [0.5, 0.6) is 0 Å². The van der Waals surface area contributed by atoms with Gasteiger partial charge in [0.1, 0.15) is 0 Å². The SMILES string of the molecule is Cc1ccc(-c2c[nH]cc(C)c2=O)cc1. The minimum atomic E-state index is 0.0950. The lowest BCUT2D eigenvalue weighted by atomic mass is 10.0. The van der Waals surface area contributed by atoms with Gasteiger partial charge < -0.3 is 4.98 Å².